The zero-order chi connectivity index (χ0) is 12.2. The Hall–Kier alpha value is -0.860. The van der Waals surface area contributed by atoms with Crippen molar-refractivity contribution in [2.45, 2.75) is 19.3 Å². The van der Waals surface area contributed by atoms with Gasteiger partial charge in [-0.15, -0.1) is 17.5 Å². The molecule has 3 N–H and O–H groups in total. The molecule has 0 aliphatic rings. The van der Waals surface area contributed by atoms with Crippen LogP contribution in [0.15, 0.2) is 0 Å². The first-order valence-corrected chi connectivity index (χ1v) is 5.45. The van der Waals surface area contributed by atoms with Crippen LogP contribution in [0.4, 0.5) is 8.78 Å². The molecule has 1 heterocycles. The predicted molar refractivity (Wildman–Crippen MR) is 62.9 cm³/mol. The molecule has 5 nitrogen and oxygen atoms in total. The van der Waals surface area contributed by atoms with Gasteiger partial charge in [-0.25, -0.2) is 8.78 Å². The van der Waals surface area contributed by atoms with Gasteiger partial charge in [-0.05, 0) is 18.0 Å². The molecule has 98 valence electrons. The number of alkyl halides is 2. The molecular weight excluding hydrogens is 274 g/mol. The van der Waals surface area contributed by atoms with Gasteiger partial charge in [0.05, 0.1) is 18.8 Å². The number of nitrogens with one attached hydrogen (secondary N) is 1. The molecule has 0 fully saturated rings. The molecule has 0 unspecified atom stereocenters. The molecule has 0 spiro atoms. The van der Waals surface area contributed by atoms with Crippen LogP contribution in [0.3, 0.4) is 0 Å². The lowest BCUT2D eigenvalue weighted by molar-refractivity contribution is 0.0119. The van der Waals surface area contributed by atoms with Crippen LogP contribution in [0.25, 0.3) is 0 Å². The Balaban J connectivity index is 0.00000256. The number of hydrogen-bond acceptors (Lipinski definition) is 5. The molecule has 17 heavy (non-hydrogen) atoms. The summed E-state index contributed by atoms with van der Waals surface area (Å²) in [4.78, 5) is 11.8. The molecule has 1 aromatic heterocycles. The summed E-state index contributed by atoms with van der Waals surface area (Å²) in [7, 11) is 0. The molecule has 0 saturated carbocycles. The SMILES string of the molecule is CCc1nnsc1C(=O)NCC(F)(F)CN.Cl. The van der Waals surface area contributed by atoms with E-state index in [1.165, 1.54) is 0 Å². The highest BCUT2D eigenvalue weighted by Crippen LogP contribution is 2.13. The number of nitrogens with zero attached hydrogens (tertiary/aromatic N) is 2. The number of amides is 1. The Morgan fingerprint density at radius 3 is 2.76 bits per heavy atom. The van der Waals surface area contributed by atoms with Crippen molar-refractivity contribution >= 4 is 29.8 Å². The maximum absolute atomic E-state index is 12.8. The Kier molecular flexibility index (Phi) is 6.43. The maximum Gasteiger partial charge on any atom is 0.277 e. The molecular formula is C8H13ClF2N4OS. The Bertz CT molecular complexity index is 374. The summed E-state index contributed by atoms with van der Waals surface area (Å²) in [6.07, 6.45) is 0.534. The van der Waals surface area contributed by atoms with Gasteiger partial charge in [0.1, 0.15) is 4.88 Å². The average Bonchev–Trinajstić information content (AvgIpc) is 2.74. The lowest BCUT2D eigenvalue weighted by Crippen LogP contribution is -2.41. The molecule has 0 radical (unpaired) electrons. The van der Waals surface area contributed by atoms with Gasteiger partial charge in [0, 0.05) is 0 Å². The summed E-state index contributed by atoms with van der Waals surface area (Å²) in [6, 6.07) is 0. The molecule has 0 aliphatic heterocycles. The first-order valence-electron chi connectivity index (χ1n) is 4.67. The molecule has 1 rings (SSSR count). The van der Waals surface area contributed by atoms with Gasteiger partial charge in [-0.3, -0.25) is 4.79 Å². The second-order valence-corrected chi connectivity index (χ2v) is 3.90. The Morgan fingerprint density at radius 2 is 2.24 bits per heavy atom. The number of hydrogen-bond donors (Lipinski definition) is 2. The van der Waals surface area contributed by atoms with Crippen LogP contribution in [0, 0.1) is 0 Å². The van der Waals surface area contributed by atoms with Crippen molar-refractivity contribution in [1.29, 1.82) is 0 Å². The summed E-state index contributed by atoms with van der Waals surface area (Å²) in [5, 5.41) is 5.83. The van der Waals surface area contributed by atoms with Crippen LogP contribution in [-0.2, 0) is 6.42 Å². The first kappa shape index (κ1) is 16.1. The predicted octanol–water partition coefficient (Wildman–Crippen LogP) is 0.846. The lowest BCUT2D eigenvalue weighted by Gasteiger charge is -2.13. The van der Waals surface area contributed by atoms with Gasteiger partial charge in [-0.1, -0.05) is 11.4 Å². The summed E-state index contributed by atoms with van der Waals surface area (Å²) in [5.74, 6) is -3.67. The highest BCUT2D eigenvalue weighted by atomic mass is 35.5. The van der Waals surface area contributed by atoms with Crippen molar-refractivity contribution in [1.82, 2.24) is 14.9 Å². The fraction of sp³-hybridized carbons (Fsp3) is 0.625. The quantitative estimate of drug-likeness (QED) is 0.841. The third-order valence-electron chi connectivity index (χ3n) is 1.90. The lowest BCUT2D eigenvalue weighted by atomic mass is 10.2. The van der Waals surface area contributed by atoms with Crippen molar-refractivity contribution < 1.29 is 13.6 Å². The zero-order valence-corrected chi connectivity index (χ0v) is 10.7. The highest BCUT2D eigenvalue weighted by Gasteiger charge is 2.28. The molecule has 0 aliphatic carbocycles. The molecule has 0 aromatic carbocycles. The number of carbonyl (C=O) groups excluding carboxylic acids is 1. The molecule has 1 amide bonds. The smallest absolute Gasteiger partial charge is 0.277 e. The number of halogens is 3. The van der Waals surface area contributed by atoms with E-state index < -0.39 is 24.9 Å². The standard InChI is InChI=1S/C8H12F2N4OS.ClH/c1-2-5-6(16-14-13-5)7(15)12-4-8(9,10)3-11;/h2-4,11H2,1H3,(H,12,15);1H. The van der Waals surface area contributed by atoms with E-state index in [0.717, 1.165) is 11.5 Å². The second-order valence-electron chi connectivity index (χ2n) is 3.15. The molecule has 0 saturated heterocycles. The van der Waals surface area contributed by atoms with Crippen LogP contribution in [0.2, 0.25) is 0 Å². The van der Waals surface area contributed by atoms with E-state index in [0.29, 0.717) is 12.1 Å². The number of aromatic nitrogens is 2. The Morgan fingerprint density at radius 1 is 1.59 bits per heavy atom. The highest BCUT2D eigenvalue weighted by molar-refractivity contribution is 7.08. The summed E-state index contributed by atoms with van der Waals surface area (Å²) >= 11 is 0.891. The Labute approximate surface area is 107 Å². The van der Waals surface area contributed by atoms with Crippen molar-refractivity contribution in [3.05, 3.63) is 10.6 Å². The van der Waals surface area contributed by atoms with Gasteiger partial charge in [-0.2, -0.15) is 0 Å². The monoisotopic (exact) mass is 286 g/mol. The molecule has 9 heteroatoms. The van der Waals surface area contributed by atoms with E-state index >= 15 is 0 Å². The van der Waals surface area contributed by atoms with Crippen molar-refractivity contribution in [2.75, 3.05) is 13.1 Å². The fourth-order valence-electron chi connectivity index (χ4n) is 0.974. The van der Waals surface area contributed by atoms with E-state index in [4.69, 9.17) is 5.73 Å². The van der Waals surface area contributed by atoms with Crippen molar-refractivity contribution in [3.63, 3.8) is 0 Å². The van der Waals surface area contributed by atoms with E-state index in [2.05, 4.69) is 14.9 Å². The first-order chi connectivity index (χ1) is 7.50. The van der Waals surface area contributed by atoms with Gasteiger partial charge in [0.25, 0.3) is 11.8 Å². The van der Waals surface area contributed by atoms with Crippen LogP contribution >= 0.6 is 23.9 Å². The van der Waals surface area contributed by atoms with Crippen LogP contribution < -0.4 is 11.1 Å². The summed E-state index contributed by atoms with van der Waals surface area (Å²) < 4.78 is 29.1. The van der Waals surface area contributed by atoms with Gasteiger partial charge < -0.3 is 11.1 Å². The minimum atomic E-state index is -3.08. The zero-order valence-electron chi connectivity index (χ0n) is 9.07. The van der Waals surface area contributed by atoms with Crippen molar-refractivity contribution in [3.8, 4) is 0 Å². The molecule has 0 bridgehead atoms. The normalized spacial score (nSPS) is 10.8. The van der Waals surface area contributed by atoms with Crippen LogP contribution in [0.1, 0.15) is 22.3 Å². The third kappa shape index (κ3) is 4.49. The maximum atomic E-state index is 12.8. The third-order valence-corrected chi connectivity index (χ3v) is 2.67. The largest absolute Gasteiger partial charge is 0.345 e. The second kappa shape index (κ2) is 6.77. The van der Waals surface area contributed by atoms with Gasteiger partial charge >= 0.3 is 0 Å². The number of rotatable bonds is 5. The van der Waals surface area contributed by atoms with Crippen LogP contribution in [0.5, 0.6) is 0 Å². The summed E-state index contributed by atoms with van der Waals surface area (Å²) in [6.45, 7) is 0.236. The molecule has 0 atom stereocenters. The number of nitrogens with two attached hydrogens (primary N) is 1. The van der Waals surface area contributed by atoms with Gasteiger partial charge in [0.2, 0.25) is 0 Å². The minimum absolute atomic E-state index is 0. The van der Waals surface area contributed by atoms with E-state index in [9.17, 15) is 13.6 Å². The van der Waals surface area contributed by atoms with Crippen LogP contribution in [-0.4, -0.2) is 34.5 Å². The number of aryl methyl sites for hydroxylation is 1. The van der Waals surface area contributed by atoms with Gasteiger partial charge in [0.15, 0.2) is 0 Å². The van der Waals surface area contributed by atoms with Crippen molar-refractivity contribution in [2.24, 2.45) is 5.73 Å². The number of carbonyl (C=O) groups is 1. The van der Waals surface area contributed by atoms with E-state index in [-0.39, 0.29) is 17.3 Å². The van der Waals surface area contributed by atoms with E-state index in [1.54, 1.807) is 0 Å². The minimum Gasteiger partial charge on any atom is -0.345 e. The average molecular weight is 287 g/mol. The van der Waals surface area contributed by atoms with E-state index in [1.807, 2.05) is 6.92 Å². The fourth-order valence-corrected chi connectivity index (χ4v) is 1.64. The topological polar surface area (TPSA) is 80.9 Å². The molecule has 1 aromatic rings. The summed E-state index contributed by atoms with van der Waals surface area (Å²) in [5.41, 5.74) is 5.36.